The minimum absolute atomic E-state index is 0.121. The van der Waals surface area contributed by atoms with Crippen molar-refractivity contribution in [1.29, 1.82) is 0 Å². The molecule has 1 fully saturated rings. The number of pyridine rings is 1. The molecule has 23 heavy (non-hydrogen) atoms. The molecular formula is C18H19N3OS. The van der Waals surface area contributed by atoms with Crippen molar-refractivity contribution in [2.45, 2.75) is 18.9 Å². The van der Waals surface area contributed by atoms with Crippen molar-refractivity contribution >= 4 is 23.0 Å². The Kier molecular flexibility index (Phi) is 3.65. The van der Waals surface area contributed by atoms with E-state index in [1.165, 1.54) is 0 Å². The molecule has 118 valence electrons. The Labute approximate surface area is 140 Å². The molecule has 0 aliphatic carbocycles. The lowest BCUT2D eigenvalue weighted by molar-refractivity contribution is 0.180. The Morgan fingerprint density at radius 1 is 1.04 bits per heavy atom. The van der Waals surface area contributed by atoms with Crippen LogP contribution < -0.4 is 10.9 Å². The summed E-state index contributed by atoms with van der Waals surface area (Å²) in [6.07, 6.45) is 1.15. The fourth-order valence-corrected chi connectivity index (χ4v) is 4.05. The minimum Gasteiger partial charge on any atom is -0.348 e. The van der Waals surface area contributed by atoms with Gasteiger partial charge in [0, 0.05) is 43.0 Å². The summed E-state index contributed by atoms with van der Waals surface area (Å²) in [6, 6.07) is 15.6. The number of benzene rings is 1. The van der Waals surface area contributed by atoms with Crippen LogP contribution in [0.1, 0.15) is 18.0 Å². The minimum atomic E-state index is 0.121. The Bertz CT molecular complexity index is 786. The topological polar surface area (TPSA) is 37.3 Å². The number of nitrogens with one attached hydrogen (secondary N) is 1. The fraction of sp³-hybridized carbons (Fsp3) is 0.333. The van der Waals surface area contributed by atoms with Gasteiger partial charge in [0.25, 0.3) is 5.56 Å². The number of anilines is 1. The second kappa shape index (κ2) is 5.81. The molecule has 2 aromatic rings. The van der Waals surface area contributed by atoms with E-state index in [1.807, 2.05) is 41.0 Å². The highest BCUT2D eigenvalue weighted by Gasteiger charge is 2.35. The summed E-state index contributed by atoms with van der Waals surface area (Å²) in [5, 5.41) is 4.10. The second-order valence-corrected chi connectivity index (χ2v) is 6.79. The molecule has 2 bridgehead atoms. The van der Waals surface area contributed by atoms with Gasteiger partial charge in [-0.15, -0.1) is 0 Å². The maximum atomic E-state index is 12.1. The van der Waals surface area contributed by atoms with E-state index >= 15 is 0 Å². The summed E-state index contributed by atoms with van der Waals surface area (Å²) >= 11 is 5.60. The molecule has 2 atom stereocenters. The second-order valence-electron chi connectivity index (χ2n) is 6.40. The molecule has 1 aromatic carbocycles. The molecular weight excluding hydrogens is 306 g/mol. The standard InChI is InChI=1S/C18H19N3OS/c22-17-8-4-7-16-14-9-13(11-21(16)17)10-20(12-14)18(23)19-15-5-2-1-3-6-15/h1-8,13-14H,9-12H2,(H,19,23)/t13-,14+/m1/s1. The Morgan fingerprint density at radius 2 is 1.87 bits per heavy atom. The van der Waals surface area contributed by atoms with E-state index in [4.69, 9.17) is 12.2 Å². The van der Waals surface area contributed by atoms with Gasteiger partial charge in [0.15, 0.2) is 5.11 Å². The SMILES string of the molecule is O=c1cccc2n1C[C@@H]1C[C@H]2CN(C(=S)Nc2ccccc2)C1. The third-order valence-electron chi connectivity index (χ3n) is 4.79. The molecule has 1 aromatic heterocycles. The van der Waals surface area contributed by atoms with E-state index in [2.05, 4.69) is 16.3 Å². The number of aromatic nitrogens is 1. The van der Waals surface area contributed by atoms with Gasteiger partial charge >= 0.3 is 0 Å². The predicted octanol–water partition coefficient (Wildman–Crippen LogP) is 2.66. The molecule has 2 aliphatic heterocycles. The van der Waals surface area contributed by atoms with Gasteiger partial charge in [0.05, 0.1) is 0 Å². The summed E-state index contributed by atoms with van der Waals surface area (Å²) in [5.74, 6) is 0.865. The smallest absolute Gasteiger partial charge is 0.250 e. The average Bonchev–Trinajstić information content (AvgIpc) is 2.57. The van der Waals surface area contributed by atoms with Crippen LogP contribution in [-0.2, 0) is 6.54 Å². The van der Waals surface area contributed by atoms with Crippen molar-refractivity contribution in [3.8, 4) is 0 Å². The van der Waals surface area contributed by atoms with Gasteiger partial charge in [-0.05, 0) is 42.8 Å². The Morgan fingerprint density at radius 3 is 2.70 bits per heavy atom. The maximum absolute atomic E-state index is 12.1. The van der Waals surface area contributed by atoms with Crippen molar-refractivity contribution in [1.82, 2.24) is 9.47 Å². The van der Waals surface area contributed by atoms with Crippen LogP contribution in [0.15, 0.2) is 53.3 Å². The van der Waals surface area contributed by atoms with E-state index < -0.39 is 0 Å². The van der Waals surface area contributed by atoms with Gasteiger partial charge in [-0.25, -0.2) is 0 Å². The molecule has 5 heteroatoms. The van der Waals surface area contributed by atoms with E-state index in [0.29, 0.717) is 11.8 Å². The van der Waals surface area contributed by atoms with Crippen LogP contribution in [0.2, 0.25) is 0 Å². The number of hydrogen-bond acceptors (Lipinski definition) is 2. The summed E-state index contributed by atoms with van der Waals surface area (Å²) in [6.45, 7) is 2.59. The van der Waals surface area contributed by atoms with Crippen LogP contribution in [0.4, 0.5) is 5.69 Å². The van der Waals surface area contributed by atoms with Crippen LogP contribution in [0.25, 0.3) is 0 Å². The quantitative estimate of drug-likeness (QED) is 0.818. The molecule has 0 unspecified atom stereocenters. The van der Waals surface area contributed by atoms with Crippen molar-refractivity contribution in [2.24, 2.45) is 5.92 Å². The molecule has 0 radical (unpaired) electrons. The lowest BCUT2D eigenvalue weighted by Gasteiger charge is -2.43. The third kappa shape index (κ3) is 2.77. The van der Waals surface area contributed by atoms with Crippen LogP contribution in [0, 0.1) is 5.92 Å². The van der Waals surface area contributed by atoms with Crippen LogP contribution in [0.3, 0.4) is 0 Å². The summed E-state index contributed by atoms with van der Waals surface area (Å²) in [4.78, 5) is 14.3. The van der Waals surface area contributed by atoms with Crippen LogP contribution in [0.5, 0.6) is 0 Å². The first-order valence-corrected chi connectivity index (χ1v) is 8.42. The van der Waals surface area contributed by atoms with Gasteiger partial charge in [-0.2, -0.15) is 0 Å². The Hall–Kier alpha value is -2.14. The molecule has 0 spiro atoms. The van der Waals surface area contributed by atoms with Crippen molar-refractivity contribution < 1.29 is 0 Å². The summed E-state index contributed by atoms with van der Waals surface area (Å²) < 4.78 is 1.95. The van der Waals surface area contributed by atoms with Crippen molar-refractivity contribution in [3.63, 3.8) is 0 Å². The molecule has 4 nitrogen and oxygen atoms in total. The number of fused-ring (bicyclic) bond motifs is 4. The molecule has 0 amide bonds. The molecule has 3 heterocycles. The van der Waals surface area contributed by atoms with Gasteiger partial charge < -0.3 is 14.8 Å². The van der Waals surface area contributed by atoms with Gasteiger partial charge in [0.1, 0.15) is 0 Å². The lowest BCUT2D eigenvalue weighted by Crippen LogP contribution is -2.50. The van der Waals surface area contributed by atoms with Crippen LogP contribution in [-0.4, -0.2) is 27.7 Å². The Balaban J connectivity index is 1.54. The van der Waals surface area contributed by atoms with Crippen molar-refractivity contribution in [2.75, 3.05) is 18.4 Å². The third-order valence-corrected chi connectivity index (χ3v) is 5.15. The maximum Gasteiger partial charge on any atom is 0.250 e. The normalized spacial score (nSPS) is 22.3. The first-order valence-electron chi connectivity index (χ1n) is 8.01. The molecule has 2 aliphatic rings. The van der Waals surface area contributed by atoms with E-state index in [-0.39, 0.29) is 5.56 Å². The highest BCUT2D eigenvalue weighted by Crippen LogP contribution is 2.35. The number of hydrogen-bond donors (Lipinski definition) is 1. The monoisotopic (exact) mass is 325 g/mol. The largest absolute Gasteiger partial charge is 0.348 e. The van der Waals surface area contributed by atoms with E-state index in [1.54, 1.807) is 6.07 Å². The van der Waals surface area contributed by atoms with Crippen LogP contribution >= 0.6 is 12.2 Å². The lowest BCUT2D eigenvalue weighted by atomic mass is 9.83. The summed E-state index contributed by atoms with van der Waals surface area (Å²) in [7, 11) is 0. The number of likely N-dealkylation sites (tertiary alicyclic amines) is 1. The number of rotatable bonds is 1. The average molecular weight is 325 g/mol. The molecule has 1 N–H and O–H groups in total. The first-order chi connectivity index (χ1) is 11.2. The van der Waals surface area contributed by atoms with E-state index in [0.717, 1.165) is 42.5 Å². The number of thiocarbonyl (C=S) groups is 1. The molecule has 4 rings (SSSR count). The van der Waals surface area contributed by atoms with Crippen molar-refractivity contribution in [3.05, 3.63) is 64.6 Å². The molecule has 1 saturated heterocycles. The zero-order valence-corrected chi connectivity index (χ0v) is 13.6. The van der Waals surface area contributed by atoms with Gasteiger partial charge in [-0.1, -0.05) is 24.3 Å². The van der Waals surface area contributed by atoms with Gasteiger partial charge in [0.2, 0.25) is 0 Å². The number of nitrogens with zero attached hydrogens (tertiary/aromatic N) is 2. The zero-order chi connectivity index (χ0) is 15.8. The predicted molar refractivity (Wildman–Crippen MR) is 95.8 cm³/mol. The highest BCUT2D eigenvalue weighted by atomic mass is 32.1. The molecule has 0 saturated carbocycles. The first kappa shape index (κ1) is 14.5. The van der Waals surface area contributed by atoms with E-state index in [9.17, 15) is 4.79 Å². The number of piperidine rings is 1. The number of para-hydroxylation sites is 1. The fourth-order valence-electron chi connectivity index (χ4n) is 3.79. The summed E-state index contributed by atoms with van der Waals surface area (Å²) in [5.41, 5.74) is 2.29. The van der Waals surface area contributed by atoms with Gasteiger partial charge in [-0.3, -0.25) is 4.79 Å². The highest BCUT2D eigenvalue weighted by molar-refractivity contribution is 7.80. The zero-order valence-electron chi connectivity index (χ0n) is 12.8.